The van der Waals surface area contributed by atoms with E-state index in [1.54, 1.807) is 17.7 Å². The normalized spacial score (nSPS) is 14.3. The molecule has 7 heteroatoms. The second-order valence-electron chi connectivity index (χ2n) is 6.09. The number of carbonyl (C=O) groups is 1. The van der Waals surface area contributed by atoms with E-state index in [1.165, 1.54) is 0 Å². The van der Waals surface area contributed by atoms with Crippen LogP contribution in [0.15, 0.2) is 12.3 Å². The first-order valence-electron chi connectivity index (χ1n) is 7.16. The Bertz CT molecular complexity index is 454. The molecule has 7 nitrogen and oxygen atoms in total. The molecule has 0 spiro atoms. The van der Waals surface area contributed by atoms with Crippen LogP contribution in [-0.4, -0.2) is 58.6 Å². The molecule has 0 bridgehead atoms. The fourth-order valence-electron chi connectivity index (χ4n) is 1.48. The predicted molar refractivity (Wildman–Crippen MR) is 83.3 cm³/mol. The quantitative estimate of drug-likeness (QED) is 0.700. The van der Waals surface area contributed by atoms with Crippen molar-refractivity contribution in [3.63, 3.8) is 0 Å². The van der Waals surface area contributed by atoms with E-state index in [9.17, 15) is 9.90 Å². The molecule has 3 N–H and O–H groups in total. The number of carbonyl (C=O) groups excluding carboxylic acids is 1. The number of hydrogen-bond acceptors (Lipinski definition) is 4. The molecule has 0 aliphatic heterocycles. The lowest BCUT2D eigenvalue weighted by molar-refractivity contribution is 0.0170. The average Bonchev–Trinajstić information content (AvgIpc) is 2.81. The van der Waals surface area contributed by atoms with Gasteiger partial charge >= 0.3 is 6.03 Å². The molecular formula is C14H27N5O2. The summed E-state index contributed by atoms with van der Waals surface area (Å²) < 4.78 is 1.78. The van der Waals surface area contributed by atoms with Crippen LogP contribution in [0.1, 0.15) is 20.8 Å². The van der Waals surface area contributed by atoms with Crippen molar-refractivity contribution in [1.29, 1.82) is 0 Å². The van der Waals surface area contributed by atoms with Crippen molar-refractivity contribution >= 4 is 11.8 Å². The molecular weight excluding hydrogens is 270 g/mol. The van der Waals surface area contributed by atoms with Crippen LogP contribution >= 0.6 is 0 Å². The molecule has 120 valence electrons. The van der Waals surface area contributed by atoms with Crippen LogP contribution in [0.25, 0.3) is 0 Å². The van der Waals surface area contributed by atoms with Gasteiger partial charge < -0.3 is 15.3 Å². The SMILES string of the molecule is CC(C)C(C)(O)CNC(=O)Nc1ccn(CCN(C)C)n1. The van der Waals surface area contributed by atoms with E-state index in [1.807, 2.05) is 34.1 Å². The molecule has 1 aromatic heterocycles. The number of amides is 2. The van der Waals surface area contributed by atoms with Crippen molar-refractivity contribution in [1.82, 2.24) is 20.0 Å². The standard InChI is InChI=1S/C14H27N5O2/c1-11(2)14(3,21)10-15-13(20)16-12-6-7-19(17-12)9-8-18(4)5/h6-7,11,21H,8-10H2,1-5H3,(H2,15,16,17,20). The van der Waals surface area contributed by atoms with Gasteiger partial charge in [-0.25, -0.2) is 4.79 Å². The van der Waals surface area contributed by atoms with Gasteiger partial charge in [-0.3, -0.25) is 10.00 Å². The minimum Gasteiger partial charge on any atom is -0.388 e. The van der Waals surface area contributed by atoms with Crippen LogP contribution in [0.2, 0.25) is 0 Å². The topological polar surface area (TPSA) is 82.4 Å². The van der Waals surface area contributed by atoms with E-state index in [4.69, 9.17) is 0 Å². The highest BCUT2D eigenvalue weighted by Crippen LogP contribution is 2.14. The van der Waals surface area contributed by atoms with Gasteiger partial charge in [0, 0.05) is 25.4 Å². The number of nitrogens with zero attached hydrogens (tertiary/aromatic N) is 3. The van der Waals surface area contributed by atoms with Gasteiger partial charge in [-0.2, -0.15) is 5.10 Å². The van der Waals surface area contributed by atoms with Gasteiger partial charge in [-0.05, 0) is 26.9 Å². The second-order valence-corrected chi connectivity index (χ2v) is 6.09. The Kier molecular flexibility index (Phi) is 6.17. The molecule has 0 saturated carbocycles. The number of nitrogens with one attached hydrogen (secondary N) is 2. The van der Waals surface area contributed by atoms with E-state index in [-0.39, 0.29) is 18.5 Å². The number of aliphatic hydroxyl groups is 1. The number of rotatable bonds is 7. The van der Waals surface area contributed by atoms with Crippen molar-refractivity contribution in [2.24, 2.45) is 5.92 Å². The van der Waals surface area contributed by atoms with Crippen LogP contribution in [0.4, 0.5) is 10.6 Å². The minimum absolute atomic E-state index is 0.0584. The summed E-state index contributed by atoms with van der Waals surface area (Å²) in [5.74, 6) is 0.554. The highest BCUT2D eigenvalue weighted by Gasteiger charge is 2.25. The Hall–Kier alpha value is -1.60. The zero-order valence-electron chi connectivity index (χ0n) is 13.6. The summed E-state index contributed by atoms with van der Waals surface area (Å²) in [5, 5.41) is 19.6. The maximum absolute atomic E-state index is 11.8. The molecule has 0 fully saturated rings. The molecule has 0 aliphatic rings. The van der Waals surface area contributed by atoms with Gasteiger partial charge in [0.25, 0.3) is 0 Å². The Morgan fingerprint density at radius 1 is 1.52 bits per heavy atom. The van der Waals surface area contributed by atoms with E-state index >= 15 is 0 Å². The molecule has 1 heterocycles. The van der Waals surface area contributed by atoms with E-state index in [2.05, 4.69) is 20.6 Å². The van der Waals surface area contributed by atoms with Crippen LogP contribution in [-0.2, 0) is 6.54 Å². The van der Waals surface area contributed by atoms with Crippen LogP contribution in [0, 0.1) is 5.92 Å². The lowest BCUT2D eigenvalue weighted by Gasteiger charge is -2.27. The summed E-state index contributed by atoms with van der Waals surface area (Å²) in [7, 11) is 3.99. The van der Waals surface area contributed by atoms with Crippen molar-refractivity contribution in [2.75, 3.05) is 32.5 Å². The fraction of sp³-hybridized carbons (Fsp3) is 0.714. The molecule has 1 unspecified atom stereocenters. The Balaban J connectivity index is 2.41. The van der Waals surface area contributed by atoms with Crippen LogP contribution in [0.5, 0.6) is 0 Å². The summed E-state index contributed by atoms with van der Waals surface area (Å²) in [6, 6.07) is 1.38. The van der Waals surface area contributed by atoms with Gasteiger partial charge in [0.05, 0.1) is 12.1 Å². The Morgan fingerprint density at radius 2 is 2.19 bits per heavy atom. The van der Waals surface area contributed by atoms with Gasteiger partial charge in [0.2, 0.25) is 0 Å². The summed E-state index contributed by atoms with van der Waals surface area (Å²) in [6.45, 7) is 7.35. The van der Waals surface area contributed by atoms with Gasteiger partial charge in [-0.15, -0.1) is 0 Å². The fourth-order valence-corrected chi connectivity index (χ4v) is 1.48. The number of likely N-dealkylation sites (N-methyl/N-ethyl adjacent to an activating group) is 1. The van der Waals surface area contributed by atoms with E-state index in [0.717, 1.165) is 13.1 Å². The third-order valence-electron chi connectivity index (χ3n) is 3.51. The van der Waals surface area contributed by atoms with Crippen molar-refractivity contribution in [2.45, 2.75) is 32.9 Å². The van der Waals surface area contributed by atoms with Gasteiger partial charge in [0.1, 0.15) is 0 Å². The summed E-state index contributed by atoms with van der Waals surface area (Å²) in [6.07, 6.45) is 1.82. The van der Waals surface area contributed by atoms with Gasteiger partial charge in [0.15, 0.2) is 5.82 Å². The first-order chi connectivity index (χ1) is 9.70. The van der Waals surface area contributed by atoms with Crippen molar-refractivity contribution in [3.05, 3.63) is 12.3 Å². The lowest BCUT2D eigenvalue weighted by atomic mass is 9.93. The average molecular weight is 297 g/mol. The Labute approximate surface area is 126 Å². The summed E-state index contributed by atoms with van der Waals surface area (Å²) in [5.41, 5.74) is -0.928. The molecule has 1 rings (SSSR count). The van der Waals surface area contributed by atoms with Crippen LogP contribution in [0.3, 0.4) is 0 Å². The maximum Gasteiger partial charge on any atom is 0.320 e. The Morgan fingerprint density at radius 3 is 2.76 bits per heavy atom. The van der Waals surface area contributed by atoms with Crippen molar-refractivity contribution < 1.29 is 9.90 Å². The number of urea groups is 1. The van der Waals surface area contributed by atoms with Crippen molar-refractivity contribution in [3.8, 4) is 0 Å². The first kappa shape index (κ1) is 17.5. The van der Waals surface area contributed by atoms with E-state index in [0.29, 0.717) is 5.82 Å². The van der Waals surface area contributed by atoms with Crippen LogP contribution < -0.4 is 10.6 Å². The highest BCUT2D eigenvalue weighted by molar-refractivity contribution is 5.88. The molecule has 2 amide bonds. The zero-order chi connectivity index (χ0) is 16.0. The smallest absolute Gasteiger partial charge is 0.320 e. The molecule has 1 atom stereocenters. The predicted octanol–water partition coefficient (Wildman–Crippen LogP) is 0.973. The molecule has 1 aromatic rings. The second kappa shape index (κ2) is 7.42. The highest BCUT2D eigenvalue weighted by atomic mass is 16.3. The third-order valence-corrected chi connectivity index (χ3v) is 3.51. The maximum atomic E-state index is 11.8. The third kappa shape index (κ3) is 6.14. The van der Waals surface area contributed by atoms with E-state index < -0.39 is 5.60 Å². The number of aromatic nitrogens is 2. The lowest BCUT2D eigenvalue weighted by Crippen LogP contribution is -2.45. The van der Waals surface area contributed by atoms with Gasteiger partial charge in [-0.1, -0.05) is 13.8 Å². The molecule has 0 radical (unpaired) electrons. The summed E-state index contributed by atoms with van der Waals surface area (Å²) >= 11 is 0. The largest absolute Gasteiger partial charge is 0.388 e. The molecule has 0 aliphatic carbocycles. The first-order valence-corrected chi connectivity index (χ1v) is 7.16. The molecule has 0 saturated heterocycles. The summed E-state index contributed by atoms with van der Waals surface area (Å²) in [4.78, 5) is 13.8. The minimum atomic E-state index is -0.928. The molecule has 0 aromatic carbocycles. The molecule has 21 heavy (non-hydrogen) atoms. The number of hydrogen-bond donors (Lipinski definition) is 3. The monoisotopic (exact) mass is 297 g/mol. The number of anilines is 1. The zero-order valence-corrected chi connectivity index (χ0v) is 13.6.